The Morgan fingerprint density at radius 2 is 1.64 bits per heavy atom. The van der Waals surface area contributed by atoms with E-state index in [4.69, 9.17) is 0 Å². The number of benzene rings is 1. The molecule has 2 aromatic heterocycles. The van der Waals surface area contributed by atoms with E-state index in [0.29, 0.717) is 17.4 Å². The predicted octanol–water partition coefficient (Wildman–Crippen LogP) is 6.20. The van der Waals surface area contributed by atoms with Gasteiger partial charge in [-0.15, -0.1) is 15.3 Å². The van der Waals surface area contributed by atoms with Gasteiger partial charge in [-0.1, -0.05) is 63.0 Å². The van der Waals surface area contributed by atoms with Gasteiger partial charge in [-0.2, -0.15) is 5.10 Å². The van der Waals surface area contributed by atoms with Crippen molar-refractivity contribution in [2.24, 2.45) is 0 Å². The van der Waals surface area contributed by atoms with Gasteiger partial charge in [0.2, 0.25) is 16.9 Å². The summed E-state index contributed by atoms with van der Waals surface area (Å²) in [4.78, 5) is 24.4. The summed E-state index contributed by atoms with van der Waals surface area (Å²) >= 11 is 1.43. The molecule has 0 atom stereocenters. The lowest BCUT2D eigenvalue weighted by molar-refractivity contribution is -0.116. The van der Waals surface area contributed by atoms with Crippen LogP contribution in [0.3, 0.4) is 0 Å². The molecular formula is C29H41N7O2S. The highest BCUT2D eigenvalue weighted by atomic mass is 32.1. The number of rotatable bonds is 18. The van der Waals surface area contributed by atoms with Gasteiger partial charge in [0.05, 0.1) is 12.1 Å². The maximum absolute atomic E-state index is 12.5. The number of carbonyl (C=O) groups excluding carboxylic acids is 2. The van der Waals surface area contributed by atoms with E-state index >= 15 is 0 Å². The summed E-state index contributed by atoms with van der Waals surface area (Å²) in [5.74, 6) is 0.333. The molecule has 39 heavy (non-hydrogen) atoms. The summed E-state index contributed by atoms with van der Waals surface area (Å²) in [5.41, 5.74) is 2.88. The number of hydrogen-bond acceptors (Lipinski definition) is 8. The van der Waals surface area contributed by atoms with Crippen LogP contribution in [-0.2, 0) is 28.9 Å². The quantitative estimate of drug-likeness (QED) is 0.161. The Kier molecular flexibility index (Phi) is 13.3. The van der Waals surface area contributed by atoms with Gasteiger partial charge in [0.1, 0.15) is 5.01 Å². The van der Waals surface area contributed by atoms with Crippen LogP contribution in [0.15, 0.2) is 36.4 Å². The molecule has 0 aliphatic rings. The Hall–Kier alpha value is -3.40. The third-order valence-corrected chi connectivity index (χ3v) is 7.08. The summed E-state index contributed by atoms with van der Waals surface area (Å²) in [6.07, 6.45) is 11.0. The van der Waals surface area contributed by atoms with E-state index in [9.17, 15) is 9.59 Å². The van der Waals surface area contributed by atoms with Crippen molar-refractivity contribution in [3.63, 3.8) is 0 Å². The lowest BCUT2D eigenvalue weighted by Gasteiger charge is -2.09. The fraction of sp³-hybridized carbons (Fsp3) is 0.517. The van der Waals surface area contributed by atoms with E-state index in [1.54, 1.807) is 6.07 Å². The van der Waals surface area contributed by atoms with Crippen LogP contribution in [-0.4, -0.2) is 38.8 Å². The summed E-state index contributed by atoms with van der Waals surface area (Å²) < 4.78 is 0. The molecule has 0 aliphatic heterocycles. The van der Waals surface area contributed by atoms with E-state index in [-0.39, 0.29) is 18.2 Å². The minimum absolute atomic E-state index is 0.00670. The number of unbranched alkanes of at least 4 members (excludes halogenated alkanes) is 5. The van der Waals surface area contributed by atoms with E-state index < -0.39 is 0 Å². The standard InChI is InChI=1S/C29H41N7O2S/c1-3-5-7-10-19-30-24-14-11-12-22(20-24)21-27(38)31-25-18-17-23(33-34-25)13-8-9-16-28-35-36-29(39-28)32-26(37)15-6-4-2/h11-12,14,17-18,20,30H,3-10,13,15-16,19,21H2,1-2H3,(H,31,34,38)(H,32,36,37). The van der Waals surface area contributed by atoms with Crippen LogP contribution >= 0.6 is 11.3 Å². The molecule has 0 fully saturated rings. The Morgan fingerprint density at radius 1 is 0.795 bits per heavy atom. The normalized spacial score (nSPS) is 10.8. The van der Waals surface area contributed by atoms with E-state index in [2.05, 4.69) is 50.2 Å². The zero-order valence-corrected chi connectivity index (χ0v) is 24.0. The smallest absolute Gasteiger partial charge is 0.229 e. The van der Waals surface area contributed by atoms with Crippen LogP contribution < -0.4 is 16.0 Å². The number of aryl methyl sites for hydroxylation is 2. The Morgan fingerprint density at radius 3 is 2.44 bits per heavy atom. The highest BCUT2D eigenvalue weighted by Gasteiger charge is 2.09. The molecule has 10 heteroatoms. The molecule has 0 spiro atoms. The van der Waals surface area contributed by atoms with Gasteiger partial charge in [-0.05, 0) is 61.9 Å². The first kappa shape index (κ1) is 30.1. The average molecular weight is 552 g/mol. The molecule has 0 unspecified atom stereocenters. The van der Waals surface area contributed by atoms with Gasteiger partial charge < -0.3 is 16.0 Å². The van der Waals surface area contributed by atoms with Gasteiger partial charge in [-0.25, -0.2) is 0 Å². The largest absolute Gasteiger partial charge is 0.385 e. The van der Waals surface area contributed by atoms with Gasteiger partial charge in [-0.3, -0.25) is 9.59 Å². The maximum Gasteiger partial charge on any atom is 0.229 e. The Balaban J connectivity index is 1.34. The zero-order chi connectivity index (χ0) is 27.7. The second-order valence-electron chi connectivity index (χ2n) is 9.68. The molecule has 0 bridgehead atoms. The number of nitrogens with one attached hydrogen (secondary N) is 3. The molecule has 3 aromatic rings. The fourth-order valence-corrected chi connectivity index (χ4v) is 4.81. The van der Waals surface area contributed by atoms with Crippen LogP contribution in [0.25, 0.3) is 0 Å². The molecule has 2 amide bonds. The van der Waals surface area contributed by atoms with Crippen molar-refractivity contribution in [3.05, 3.63) is 52.7 Å². The third-order valence-electron chi connectivity index (χ3n) is 6.18. The highest BCUT2D eigenvalue weighted by Crippen LogP contribution is 2.18. The van der Waals surface area contributed by atoms with Gasteiger partial charge in [0.15, 0.2) is 5.82 Å². The number of anilines is 3. The minimum Gasteiger partial charge on any atom is -0.385 e. The predicted molar refractivity (Wildman–Crippen MR) is 158 cm³/mol. The number of hydrogen-bond donors (Lipinski definition) is 3. The maximum atomic E-state index is 12.5. The first-order valence-corrected chi connectivity index (χ1v) is 14.9. The van der Waals surface area contributed by atoms with Crippen molar-refractivity contribution < 1.29 is 9.59 Å². The monoisotopic (exact) mass is 551 g/mol. The van der Waals surface area contributed by atoms with Crippen molar-refractivity contribution in [2.45, 2.75) is 90.9 Å². The molecule has 210 valence electrons. The molecule has 0 aliphatic carbocycles. The van der Waals surface area contributed by atoms with E-state index in [0.717, 1.165) is 73.4 Å². The third kappa shape index (κ3) is 11.9. The van der Waals surface area contributed by atoms with Crippen LogP contribution in [0.4, 0.5) is 16.6 Å². The van der Waals surface area contributed by atoms with Crippen molar-refractivity contribution in [1.82, 2.24) is 20.4 Å². The van der Waals surface area contributed by atoms with Crippen molar-refractivity contribution in [1.29, 1.82) is 0 Å². The second-order valence-corrected chi connectivity index (χ2v) is 10.7. The molecule has 3 N–H and O–H groups in total. The second kappa shape index (κ2) is 17.2. The Labute approximate surface area is 235 Å². The van der Waals surface area contributed by atoms with Gasteiger partial charge >= 0.3 is 0 Å². The van der Waals surface area contributed by atoms with Crippen LogP contribution in [0.5, 0.6) is 0 Å². The summed E-state index contributed by atoms with van der Waals surface area (Å²) in [6.45, 7) is 5.21. The van der Waals surface area contributed by atoms with Crippen molar-refractivity contribution in [2.75, 3.05) is 22.5 Å². The topological polar surface area (TPSA) is 122 Å². The fourth-order valence-electron chi connectivity index (χ4n) is 4.01. The number of amides is 2. The number of carbonyl (C=O) groups is 2. The average Bonchev–Trinajstić information content (AvgIpc) is 3.37. The van der Waals surface area contributed by atoms with Crippen LogP contribution in [0.1, 0.15) is 87.9 Å². The van der Waals surface area contributed by atoms with E-state index in [1.165, 1.54) is 30.6 Å². The summed E-state index contributed by atoms with van der Waals surface area (Å²) in [5, 5.41) is 27.3. The SMILES string of the molecule is CCCCCCNc1cccc(CC(=O)Nc2ccc(CCCCc3nnc(NC(=O)CCCC)s3)nn2)c1. The lowest BCUT2D eigenvalue weighted by atomic mass is 10.1. The first-order chi connectivity index (χ1) is 19.1. The summed E-state index contributed by atoms with van der Waals surface area (Å²) in [7, 11) is 0. The number of aromatic nitrogens is 4. The number of nitrogens with zero attached hydrogens (tertiary/aromatic N) is 4. The highest BCUT2D eigenvalue weighted by molar-refractivity contribution is 7.15. The van der Waals surface area contributed by atoms with Crippen molar-refractivity contribution in [3.8, 4) is 0 Å². The van der Waals surface area contributed by atoms with Gasteiger partial charge in [0, 0.05) is 25.1 Å². The Bertz CT molecular complexity index is 1150. The molecule has 0 saturated carbocycles. The minimum atomic E-state index is -0.116. The molecule has 2 heterocycles. The van der Waals surface area contributed by atoms with Crippen LogP contribution in [0.2, 0.25) is 0 Å². The zero-order valence-electron chi connectivity index (χ0n) is 23.2. The lowest BCUT2D eigenvalue weighted by Crippen LogP contribution is -2.16. The molecule has 0 radical (unpaired) electrons. The van der Waals surface area contributed by atoms with Crippen LogP contribution in [0, 0.1) is 0 Å². The first-order valence-electron chi connectivity index (χ1n) is 14.1. The van der Waals surface area contributed by atoms with E-state index in [1.807, 2.05) is 30.3 Å². The molecule has 9 nitrogen and oxygen atoms in total. The summed E-state index contributed by atoms with van der Waals surface area (Å²) in [6, 6.07) is 11.7. The molecule has 1 aromatic carbocycles. The molecule has 3 rings (SSSR count). The molecular weight excluding hydrogens is 510 g/mol. The van der Waals surface area contributed by atoms with Gasteiger partial charge in [0.25, 0.3) is 0 Å². The molecule has 0 saturated heterocycles. The van der Waals surface area contributed by atoms with Crippen molar-refractivity contribution >= 4 is 39.8 Å².